The van der Waals surface area contributed by atoms with Crippen molar-refractivity contribution in [2.45, 2.75) is 44.9 Å². The normalized spacial score (nSPS) is 14.3. The molecule has 0 aliphatic heterocycles. The van der Waals surface area contributed by atoms with Gasteiger partial charge in [-0.1, -0.05) is 81.4 Å². The van der Waals surface area contributed by atoms with Gasteiger partial charge in [0.05, 0.1) is 0 Å². The molecule has 156 valence electrons. The molecule has 1 unspecified atom stereocenters. The Kier molecular flexibility index (Phi) is 5.93. The Morgan fingerprint density at radius 3 is 1.70 bits per heavy atom. The molecule has 0 heterocycles. The maximum absolute atomic E-state index is 10.7. The van der Waals surface area contributed by atoms with E-state index >= 15 is 0 Å². The number of hydrogen-bond donors (Lipinski definition) is 3. The van der Waals surface area contributed by atoms with Crippen molar-refractivity contribution in [2.75, 3.05) is 0 Å². The highest BCUT2D eigenvalue weighted by molar-refractivity contribution is 5.70. The lowest BCUT2D eigenvalue weighted by atomic mass is 9.66. The van der Waals surface area contributed by atoms with Gasteiger partial charge in [0.25, 0.3) is 0 Å². The van der Waals surface area contributed by atoms with Crippen LogP contribution in [0.3, 0.4) is 0 Å². The first-order chi connectivity index (χ1) is 14.1. The second-order valence-electron chi connectivity index (χ2n) is 8.86. The maximum Gasteiger partial charge on any atom is 0.123 e. The summed E-state index contributed by atoms with van der Waals surface area (Å²) in [5.74, 6) is 0.726. The van der Waals surface area contributed by atoms with Crippen LogP contribution in [0.1, 0.15) is 50.8 Å². The summed E-state index contributed by atoms with van der Waals surface area (Å²) in [6.45, 7) is 8.26. The molecular formula is C27H30O3. The number of para-hydroxylation sites is 3. The first kappa shape index (κ1) is 21.5. The second-order valence-corrected chi connectivity index (χ2v) is 8.86. The topological polar surface area (TPSA) is 60.7 Å². The van der Waals surface area contributed by atoms with Gasteiger partial charge in [0, 0.05) is 16.5 Å². The molecule has 3 heteroatoms. The fourth-order valence-electron chi connectivity index (χ4n) is 4.60. The molecule has 3 N–H and O–H groups in total. The van der Waals surface area contributed by atoms with Gasteiger partial charge in [-0.3, -0.25) is 0 Å². The Bertz CT molecular complexity index is 1060. The van der Waals surface area contributed by atoms with Gasteiger partial charge < -0.3 is 15.3 Å². The van der Waals surface area contributed by atoms with Crippen LogP contribution < -0.4 is 0 Å². The minimum absolute atomic E-state index is 0.228. The monoisotopic (exact) mass is 402 g/mol. The Hall–Kier alpha value is -3.20. The van der Waals surface area contributed by atoms with E-state index in [0.717, 1.165) is 22.3 Å². The lowest BCUT2D eigenvalue weighted by Crippen LogP contribution is -2.31. The highest BCUT2D eigenvalue weighted by Gasteiger charge is 2.36. The molecule has 3 rings (SSSR count). The Balaban J connectivity index is 2.14. The summed E-state index contributed by atoms with van der Waals surface area (Å²) in [4.78, 5) is 0. The molecular weight excluding hydrogens is 372 g/mol. The molecule has 0 spiro atoms. The van der Waals surface area contributed by atoms with Gasteiger partial charge in [0.2, 0.25) is 0 Å². The van der Waals surface area contributed by atoms with E-state index in [1.807, 2.05) is 55.5 Å². The average molecular weight is 403 g/mol. The molecule has 0 bridgehead atoms. The van der Waals surface area contributed by atoms with Crippen LogP contribution >= 0.6 is 0 Å². The van der Waals surface area contributed by atoms with E-state index in [-0.39, 0.29) is 22.7 Å². The van der Waals surface area contributed by atoms with E-state index in [0.29, 0.717) is 6.42 Å². The summed E-state index contributed by atoms with van der Waals surface area (Å²) in [7, 11) is 0. The van der Waals surface area contributed by atoms with Crippen molar-refractivity contribution in [3.05, 3.63) is 95.6 Å². The zero-order chi connectivity index (χ0) is 21.9. The number of hydrogen-bond acceptors (Lipinski definition) is 3. The van der Waals surface area contributed by atoms with Crippen molar-refractivity contribution in [2.24, 2.45) is 0 Å². The zero-order valence-electron chi connectivity index (χ0n) is 18.1. The summed E-state index contributed by atoms with van der Waals surface area (Å²) in [6, 6.07) is 22.0. The number of aromatic hydroxyl groups is 3. The van der Waals surface area contributed by atoms with Gasteiger partial charge in [-0.25, -0.2) is 0 Å². The molecule has 0 radical (unpaired) electrons. The van der Waals surface area contributed by atoms with Crippen molar-refractivity contribution in [3.63, 3.8) is 0 Å². The Morgan fingerprint density at radius 1 is 0.700 bits per heavy atom. The van der Waals surface area contributed by atoms with Gasteiger partial charge in [0.15, 0.2) is 0 Å². The number of phenolic OH excluding ortho intramolecular Hbond substituents is 3. The van der Waals surface area contributed by atoms with Gasteiger partial charge >= 0.3 is 0 Å². The molecule has 30 heavy (non-hydrogen) atoms. The standard InChI is InChI=1S/C27H30O3/c1-19(20-11-5-8-14-23(20)28)17-27(4,22-13-7-10-16-25(22)30)18-26(2,3)21-12-6-9-15-24(21)29/h5-17,28-30H,18H2,1-4H3. The number of allylic oxidation sites excluding steroid dienone is 2. The summed E-state index contributed by atoms with van der Waals surface area (Å²) in [5, 5.41) is 31.5. The molecule has 0 saturated carbocycles. The summed E-state index contributed by atoms with van der Waals surface area (Å²) >= 11 is 0. The third kappa shape index (κ3) is 4.35. The largest absolute Gasteiger partial charge is 0.508 e. The van der Waals surface area contributed by atoms with E-state index in [1.165, 1.54) is 0 Å². The van der Waals surface area contributed by atoms with Crippen LogP contribution in [-0.2, 0) is 10.8 Å². The van der Waals surface area contributed by atoms with E-state index in [4.69, 9.17) is 0 Å². The van der Waals surface area contributed by atoms with Gasteiger partial charge in [0.1, 0.15) is 17.2 Å². The molecule has 0 aliphatic rings. The minimum atomic E-state index is -0.552. The molecule has 3 aromatic carbocycles. The van der Waals surface area contributed by atoms with Crippen molar-refractivity contribution in [1.29, 1.82) is 0 Å². The molecule has 1 atom stereocenters. The molecule has 3 aromatic rings. The van der Waals surface area contributed by atoms with Crippen molar-refractivity contribution < 1.29 is 15.3 Å². The van der Waals surface area contributed by atoms with Crippen LogP contribution in [-0.4, -0.2) is 15.3 Å². The fourth-order valence-corrected chi connectivity index (χ4v) is 4.60. The van der Waals surface area contributed by atoms with Crippen LogP contribution in [0.25, 0.3) is 5.57 Å². The summed E-state index contributed by atoms with van der Waals surface area (Å²) in [5.41, 5.74) is 2.43. The average Bonchev–Trinajstić information content (AvgIpc) is 2.68. The lowest BCUT2D eigenvalue weighted by Gasteiger charge is -2.37. The third-order valence-electron chi connectivity index (χ3n) is 5.83. The molecule has 0 fully saturated rings. The zero-order valence-corrected chi connectivity index (χ0v) is 18.1. The Labute approximate surface area is 179 Å². The van der Waals surface area contributed by atoms with Gasteiger partial charge in [-0.2, -0.15) is 0 Å². The van der Waals surface area contributed by atoms with Gasteiger partial charge in [-0.05, 0) is 48.1 Å². The van der Waals surface area contributed by atoms with E-state index in [2.05, 4.69) is 26.8 Å². The lowest BCUT2D eigenvalue weighted by molar-refractivity contribution is 0.352. The summed E-state index contributed by atoms with van der Waals surface area (Å²) < 4.78 is 0. The first-order valence-electron chi connectivity index (χ1n) is 10.2. The molecule has 0 aromatic heterocycles. The second kappa shape index (κ2) is 8.27. The molecule has 0 aliphatic carbocycles. The van der Waals surface area contributed by atoms with Crippen molar-refractivity contribution in [1.82, 2.24) is 0 Å². The third-order valence-corrected chi connectivity index (χ3v) is 5.83. The highest BCUT2D eigenvalue weighted by atomic mass is 16.3. The van der Waals surface area contributed by atoms with Crippen LogP contribution in [0.15, 0.2) is 78.9 Å². The van der Waals surface area contributed by atoms with Crippen molar-refractivity contribution in [3.8, 4) is 17.2 Å². The van der Waals surface area contributed by atoms with Crippen LogP contribution in [0.2, 0.25) is 0 Å². The highest BCUT2D eigenvalue weighted by Crippen LogP contribution is 2.46. The molecule has 3 nitrogen and oxygen atoms in total. The first-order valence-corrected chi connectivity index (χ1v) is 10.2. The molecule has 0 saturated heterocycles. The smallest absolute Gasteiger partial charge is 0.123 e. The molecule has 0 amide bonds. The van der Waals surface area contributed by atoms with E-state index in [9.17, 15) is 15.3 Å². The maximum atomic E-state index is 10.7. The van der Waals surface area contributed by atoms with Crippen LogP contribution in [0, 0.1) is 0 Å². The predicted molar refractivity (Wildman–Crippen MR) is 123 cm³/mol. The minimum Gasteiger partial charge on any atom is -0.508 e. The van der Waals surface area contributed by atoms with E-state index < -0.39 is 5.41 Å². The SMILES string of the molecule is CC(=CC(C)(CC(C)(C)c1ccccc1O)c1ccccc1O)c1ccccc1O. The summed E-state index contributed by atoms with van der Waals surface area (Å²) in [6.07, 6.45) is 2.75. The van der Waals surface area contributed by atoms with Crippen LogP contribution in [0.5, 0.6) is 17.2 Å². The number of rotatable bonds is 6. The van der Waals surface area contributed by atoms with E-state index in [1.54, 1.807) is 24.3 Å². The predicted octanol–water partition coefficient (Wildman–Crippen LogP) is 6.53. The quantitative estimate of drug-likeness (QED) is 0.439. The Morgan fingerprint density at radius 2 is 1.17 bits per heavy atom. The number of phenols is 3. The number of benzene rings is 3. The van der Waals surface area contributed by atoms with Gasteiger partial charge in [-0.15, -0.1) is 0 Å². The van der Waals surface area contributed by atoms with Crippen LogP contribution in [0.4, 0.5) is 0 Å². The fraction of sp³-hybridized carbons (Fsp3) is 0.259. The van der Waals surface area contributed by atoms with Crippen molar-refractivity contribution >= 4 is 5.57 Å².